The van der Waals surface area contributed by atoms with Crippen molar-refractivity contribution in [3.8, 4) is 0 Å². The summed E-state index contributed by atoms with van der Waals surface area (Å²) in [7, 11) is 3.88. The van der Waals surface area contributed by atoms with E-state index in [0.29, 0.717) is 18.1 Å². The largest absolute Gasteiger partial charge is 0.453 e. The highest BCUT2D eigenvalue weighted by Crippen LogP contribution is 2.27. The highest BCUT2D eigenvalue weighted by molar-refractivity contribution is 5.49. The summed E-state index contributed by atoms with van der Waals surface area (Å²) >= 11 is 0. The van der Waals surface area contributed by atoms with Crippen molar-refractivity contribution in [2.45, 2.75) is 19.6 Å². The Hall–Kier alpha value is -2.84. The molecule has 0 unspecified atom stereocenters. The predicted molar refractivity (Wildman–Crippen MR) is 88.6 cm³/mol. The fourth-order valence-electron chi connectivity index (χ4n) is 2.37. The van der Waals surface area contributed by atoms with E-state index in [0.717, 1.165) is 15.8 Å². The van der Waals surface area contributed by atoms with Gasteiger partial charge in [-0.15, -0.1) is 5.10 Å². The third kappa shape index (κ3) is 3.65. The fraction of sp³-hybridized carbons (Fsp3) is 0.312. The Bertz CT molecular complexity index is 901. The maximum Gasteiger partial charge on any atom is 0.453 e. The molecule has 0 fully saturated rings. The lowest BCUT2D eigenvalue weighted by molar-refractivity contribution is -0.144. The quantitative estimate of drug-likeness (QED) is 0.783. The number of rotatable bonds is 4. The Morgan fingerprint density at radius 3 is 2.60 bits per heavy atom. The van der Waals surface area contributed by atoms with Gasteiger partial charge in [0.15, 0.2) is 0 Å². The van der Waals surface area contributed by atoms with Crippen LogP contribution in [0, 0.1) is 6.92 Å². The summed E-state index contributed by atoms with van der Waals surface area (Å²) in [6, 6.07) is 9.48. The minimum absolute atomic E-state index is 0.0862. The monoisotopic (exact) mass is 350 g/mol. The predicted octanol–water partition coefficient (Wildman–Crippen LogP) is 3.13. The van der Waals surface area contributed by atoms with Crippen molar-refractivity contribution in [1.29, 1.82) is 0 Å². The van der Waals surface area contributed by atoms with Crippen LogP contribution in [0.25, 0.3) is 5.78 Å². The molecular formula is C16H17F3N6. The van der Waals surface area contributed by atoms with Gasteiger partial charge in [-0.2, -0.15) is 22.7 Å². The standard InChI is InChI=1S/C16H17F3N6/c1-10-7-13(20-9-11-5-4-6-12(8-11)24(2)3)25-15(21-10)22-14(23-25)16(17,18)19/h4-8,20H,9H2,1-3H3. The van der Waals surface area contributed by atoms with Crippen LogP contribution in [0.2, 0.25) is 0 Å². The zero-order valence-corrected chi connectivity index (χ0v) is 14.0. The van der Waals surface area contributed by atoms with Crippen molar-refractivity contribution in [2.24, 2.45) is 0 Å². The minimum atomic E-state index is -4.61. The topological polar surface area (TPSA) is 58.4 Å². The number of benzene rings is 1. The lowest BCUT2D eigenvalue weighted by atomic mass is 10.2. The van der Waals surface area contributed by atoms with E-state index in [1.165, 1.54) is 0 Å². The van der Waals surface area contributed by atoms with Crippen LogP contribution in [0.4, 0.5) is 24.7 Å². The third-order valence-corrected chi connectivity index (χ3v) is 3.59. The van der Waals surface area contributed by atoms with Crippen LogP contribution >= 0.6 is 0 Å². The summed E-state index contributed by atoms with van der Waals surface area (Å²) in [5.41, 5.74) is 2.58. The molecule has 1 N–H and O–H groups in total. The second kappa shape index (κ2) is 6.23. The number of aryl methyl sites for hydroxylation is 1. The van der Waals surface area contributed by atoms with E-state index in [4.69, 9.17) is 0 Å². The average molecular weight is 350 g/mol. The van der Waals surface area contributed by atoms with Gasteiger partial charge in [0.2, 0.25) is 0 Å². The molecule has 0 amide bonds. The van der Waals surface area contributed by atoms with Crippen LogP contribution in [0.1, 0.15) is 17.1 Å². The smallest absolute Gasteiger partial charge is 0.378 e. The molecule has 0 spiro atoms. The molecule has 0 aliphatic heterocycles. The van der Waals surface area contributed by atoms with Crippen molar-refractivity contribution in [3.63, 3.8) is 0 Å². The summed E-state index contributed by atoms with van der Waals surface area (Å²) in [4.78, 5) is 9.45. The minimum Gasteiger partial charge on any atom is -0.378 e. The molecule has 0 bridgehead atoms. The van der Waals surface area contributed by atoms with Crippen molar-refractivity contribution in [3.05, 3.63) is 47.4 Å². The highest BCUT2D eigenvalue weighted by Gasteiger charge is 2.36. The Balaban J connectivity index is 1.90. The number of halogens is 3. The van der Waals surface area contributed by atoms with Gasteiger partial charge in [0.05, 0.1) is 0 Å². The first-order valence-electron chi connectivity index (χ1n) is 7.56. The number of fused-ring (bicyclic) bond motifs is 1. The summed E-state index contributed by atoms with van der Waals surface area (Å²) in [5.74, 6) is -0.888. The van der Waals surface area contributed by atoms with Gasteiger partial charge >= 0.3 is 6.18 Å². The van der Waals surface area contributed by atoms with Crippen LogP contribution in [-0.2, 0) is 12.7 Å². The van der Waals surface area contributed by atoms with Crippen molar-refractivity contribution < 1.29 is 13.2 Å². The van der Waals surface area contributed by atoms with Gasteiger partial charge in [0, 0.05) is 38.1 Å². The molecule has 6 nitrogen and oxygen atoms in total. The summed E-state index contributed by atoms with van der Waals surface area (Å²) in [6.45, 7) is 2.13. The molecule has 3 rings (SSSR count). The lowest BCUT2D eigenvalue weighted by Gasteiger charge is -2.14. The first kappa shape index (κ1) is 17.0. The molecule has 0 aliphatic rings. The van der Waals surface area contributed by atoms with Gasteiger partial charge in [-0.1, -0.05) is 12.1 Å². The molecule has 0 radical (unpaired) electrons. The second-order valence-electron chi connectivity index (χ2n) is 5.85. The molecule has 2 aromatic heterocycles. The maximum absolute atomic E-state index is 12.8. The number of nitrogens with one attached hydrogen (secondary N) is 1. The van der Waals surface area contributed by atoms with E-state index < -0.39 is 12.0 Å². The molecule has 1 aromatic carbocycles. The van der Waals surface area contributed by atoms with Crippen molar-refractivity contribution in [1.82, 2.24) is 19.6 Å². The van der Waals surface area contributed by atoms with Crippen molar-refractivity contribution in [2.75, 3.05) is 24.3 Å². The van der Waals surface area contributed by atoms with E-state index in [2.05, 4.69) is 20.4 Å². The first-order valence-corrected chi connectivity index (χ1v) is 7.56. The number of hydrogen-bond acceptors (Lipinski definition) is 5. The number of hydrogen-bond donors (Lipinski definition) is 1. The summed E-state index contributed by atoms with van der Waals surface area (Å²) in [5, 5.41) is 6.64. The van der Waals surface area contributed by atoms with Gasteiger partial charge in [-0.3, -0.25) is 0 Å². The Morgan fingerprint density at radius 2 is 1.92 bits per heavy atom. The normalized spacial score (nSPS) is 11.8. The first-order chi connectivity index (χ1) is 11.7. The molecule has 0 aliphatic carbocycles. The zero-order chi connectivity index (χ0) is 18.2. The molecule has 0 saturated carbocycles. The van der Waals surface area contributed by atoms with Crippen LogP contribution < -0.4 is 10.2 Å². The van der Waals surface area contributed by atoms with Gasteiger partial charge in [0.1, 0.15) is 5.82 Å². The molecular weight excluding hydrogens is 333 g/mol. The molecule has 3 aromatic rings. The summed E-state index contributed by atoms with van der Waals surface area (Å²) < 4.78 is 39.6. The Morgan fingerprint density at radius 1 is 1.16 bits per heavy atom. The van der Waals surface area contributed by atoms with Gasteiger partial charge in [-0.25, -0.2) is 4.98 Å². The van der Waals surface area contributed by atoms with Gasteiger partial charge in [-0.05, 0) is 24.6 Å². The molecule has 25 heavy (non-hydrogen) atoms. The van der Waals surface area contributed by atoms with E-state index >= 15 is 0 Å². The lowest BCUT2D eigenvalue weighted by Crippen LogP contribution is -2.11. The number of aromatic nitrogens is 4. The van der Waals surface area contributed by atoms with E-state index in [1.54, 1.807) is 13.0 Å². The Labute approximate surface area is 142 Å². The van der Waals surface area contributed by atoms with E-state index in [-0.39, 0.29) is 5.78 Å². The van der Waals surface area contributed by atoms with Crippen LogP contribution in [0.3, 0.4) is 0 Å². The second-order valence-corrected chi connectivity index (χ2v) is 5.85. The van der Waals surface area contributed by atoms with Crippen molar-refractivity contribution >= 4 is 17.3 Å². The SMILES string of the molecule is Cc1cc(NCc2cccc(N(C)C)c2)n2nc(C(F)(F)F)nc2n1. The fourth-order valence-corrected chi connectivity index (χ4v) is 2.37. The summed E-state index contributed by atoms with van der Waals surface area (Å²) in [6.07, 6.45) is -4.61. The molecule has 9 heteroatoms. The van der Waals surface area contributed by atoms with E-state index in [1.807, 2.05) is 43.3 Å². The third-order valence-electron chi connectivity index (χ3n) is 3.59. The number of alkyl halides is 3. The van der Waals surface area contributed by atoms with Crippen LogP contribution in [0.5, 0.6) is 0 Å². The molecule has 0 atom stereocenters. The van der Waals surface area contributed by atoms with E-state index in [9.17, 15) is 13.2 Å². The van der Waals surface area contributed by atoms with Crippen LogP contribution in [-0.4, -0.2) is 33.7 Å². The number of anilines is 2. The number of nitrogens with zero attached hydrogens (tertiary/aromatic N) is 5. The average Bonchev–Trinajstić information content (AvgIpc) is 2.97. The molecule has 0 saturated heterocycles. The van der Waals surface area contributed by atoms with Crippen LogP contribution in [0.15, 0.2) is 30.3 Å². The van der Waals surface area contributed by atoms with Gasteiger partial charge in [0.25, 0.3) is 11.6 Å². The zero-order valence-electron chi connectivity index (χ0n) is 14.0. The molecule has 2 heterocycles. The maximum atomic E-state index is 12.8. The molecule has 132 valence electrons. The van der Waals surface area contributed by atoms with Gasteiger partial charge < -0.3 is 10.2 Å². The highest BCUT2D eigenvalue weighted by atomic mass is 19.4. The Kier molecular flexibility index (Phi) is 4.23.